The molecule has 0 aromatic heterocycles. The van der Waals surface area contributed by atoms with Gasteiger partial charge in [-0.2, -0.15) is 8.42 Å². The molecule has 0 bridgehead atoms. The highest BCUT2D eigenvalue weighted by molar-refractivity contribution is 7.86. The van der Waals surface area contributed by atoms with Gasteiger partial charge in [0.2, 0.25) is 0 Å². The molecule has 0 unspecified atom stereocenters. The summed E-state index contributed by atoms with van der Waals surface area (Å²) in [5.41, 5.74) is 2.85. The van der Waals surface area contributed by atoms with Crippen molar-refractivity contribution in [2.45, 2.75) is 109 Å². The first-order valence-electron chi connectivity index (χ1n) is 12.4. The summed E-state index contributed by atoms with van der Waals surface area (Å²) in [7, 11) is -3.91. The molecule has 1 aliphatic carbocycles. The zero-order valence-electron chi connectivity index (χ0n) is 20.8. The van der Waals surface area contributed by atoms with Crippen LogP contribution >= 0.6 is 0 Å². The molecular formula is C26H42O5S. The number of ether oxygens (including phenoxy) is 2. The monoisotopic (exact) mass is 466 g/mol. The minimum absolute atomic E-state index is 0.0693. The van der Waals surface area contributed by atoms with Crippen molar-refractivity contribution >= 4 is 10.1 Å². The van der Waals surface area contributed by atoms with Crippen LogP contribution in [-0.4, -0.2) is 34.0 Å². The Hall–Kier alpha value is -0.950. The Balaban J connectivity index is 1.86. The van der Waals surface area contributed by atoms with Crippen LogP contribution in [0.1, 0.15) is 115 Å². The Bertz CT molecular complexity index is 831. The quantitative estimate of drug-likeness (QED) is 0.390. The van der Waals surface area contributed by atoms with Gasteiger partial charge in [0.05, 0.1) is 19.8 Å². The standard InChI is InChI=1S/C26H42O5S/c1-18(2)21-16-23(19(3)4)25(24(17-21)20(5)6)32(27,28)31-13-12-26(29-14-15-30-26)22-10-8-7-9-11-22/h16-20,22H,7-15H2,1-6H3. The van der Waals surface area contributed by atoms with Gasteiger partial charge in [0, 0.05) is 12.3 Å². The van der Waals surface area contributed by atoms with E-state index in [-0.39, 0.29) is 18.4 Å². The molecule has 1 heterocycles. The van der Waals surface area contributed by atoms with Gasteiger partial charge in [-0.3, -0.25) is 4.18 Å². The van der Waals surface area contributed by atoms with Crippen LogP contribution < -0.4 is 0 Å². The summed E-state index contributed by atoms with van der Waals surface area (Å²) in [5, 5.41) is 0. The van der Waals surface area contributed by atoms with Gasteiger partial charge in [-0.25, -0.2) is 0 Å². The second-order valence-electron chi connectivity index (χ2n) is 10.4. The molecule has 1 aliphatic heterocycles. The van der Waals surface area contributed by atoms with Crippen LogP contribution in [0.15, 0.2) is 17.0 Å². The molecule has 1 saturated carbocycles. The number of hydrogen-bond donors (Lipinski definition) is 0. The van der Waals surface area contributed by atoms with Gasteiger partial charge in [-0.05, 0) is 47.3 Å². The Morgan fingerprint density at radius 3 is 1.91 bits per heavy atom. The number of hydrogen-bond acceptors (Lipinski definition) is 5. The molecule has 0 spiro atoms. The van der Waals surface area contributed by atoms with Crippen molar-refractivity contribution in [1.82, 2.24) is 0 Å². The van der Waals surface area contributed by atoms with Gasteiger partial charge in [-0.1, -0.05) is 72.9 Å². The predicted octanol–water partition coefficient (Wildman–Crippen LogP) is 6.48. The maximum absolute atomic E-state index is 13.5. The topological polar surface area (TPSA) is 61.8 Å². The molecule has 0 radical (unpaired) electrons. The van der Waals surface area contributed by atoms with Crippen molar-refractivity contribution in [3.05, 3.63) is 28.8 Å². The lowest BCUT2D eigenvalue weighted by Crippen LogP contribution is -2.41. The highest BCUT2D eigenvalue weighted by atomic mass is 32.2. The SMILES string of the molecule is CC(C)c1cc(C(C)C)c(S(=O)(=O)OCCC2(C3CCCCC3)OCCO2)c(C(C)C)c1. The summed E-state index contributed by atoms with van der Waals surface area (Å²) in [5.74, 6) is 0.103. The molecule has 1 aromatic carbocycles. The molecule has 2 aliphatic rings. The van der Waals surface area contributed by atoms with Crippen molar-refractivity contribution in [2.75, 3.05) is 19.8 Å². The summed E-state index contributed by atoms with van der Waals surface area (Å²) in [6.45, 7) is 13.6. The zero-order valence-corrected chi connectivity index (χ0v) is 21.6. The lowest BCUT2D eigenvalue weighted by molar-refractivity contribution is -0.209. The second-order valence-corrected chi connectivity index (χ2v) is 11.9. The van der Waals surface area contributed by atoms with Crippen LogP contribution in [0.3, 0.4) is 0 Å². The maximum atomic E-state index is 13.5. The van der Waals surface area contributed by atoms with Crippen LogP contribution in [0.2, 0.25) is 0 Å². The van der Waals surface area contributed by atoms with E-state index in [1.165, 1.54) is 24.8 Å². The lowest BCUT2D eigenvalue weighted by atomic mass is 9.82. The Kier molecular flexibility index (Phi) is 8.46. The normalized spacial score (nSPS) is 20.0. The van der Waals surface area contributed by atoms with Crippen molar-refractivity contribution in [3.63, 3.8) is 0 Å². The summed E-state index contributed by atoms with van der Waals surface area (Å²) in [6, 6.07) is 4.09. The third-order valence-corrected chi connectivity index (χ3v) is 8.47. The molecule has 182 valence electrons. The minimum atomic E-state index is -3.91. The van der Waals surface area contributed by atoms with Crippen LogP contribution in [-0.2, 0) is 23.8 Å². The van der Waals surface area contributed by atoms with Crippen LogP contribution in [0.5, 0.6) is 0 Å². The van der Waals surface area contributed by atoms with Gasteiger partial charge in [-0.15, -0.1) is 0 Å². The molecule has 2 fully saturated rings. The van der Waals surface area contributed by atoms with Crippen LogP contribution in [0, 0.1) is 5.92 Å². The molecular weight excluding hydrogens is 424 g/mol. The Morgan fingerprint density at radius 2 is 1.44 bits per heavy atom. The van der Waals surface area contributed by atoms with E-state index in [2.05, 4.69) is 13.8 Å². The van der Waals surface area contributed by atoms with Gasteiger partial charge in [0.25, 0.3) is 10.1 Å². The van der Waals surface area contributed by atoms with E-state index in [1.807, 2.05) is 39.8 Å². The molecule has 6 heteroatoms. The molecule has 32 heavy (non-hydrogen) atoms. The zero-order chi connectivity index (χ0) is 23.5. The van der Waals surface area contributed by atoms with E-state index in [9.17, 15) is 8.42 Å². The number of rotatable bonds is 9. The van der Waals surface area contributed by atoms with Crippen molar-refractivity contribution < 1.29 is 22.1 Å². The number of benzene rings is 1. The average Bonchev–Trinajstić information content (AvgIpc) is 3.23. The highest BCUT2D eigenvalue weighted by Crippen LogP contribution is 2.41. The molecule has 5 nitrogen and oxygen atoms in total. The molecule has 0 atom stereocenters. The highest BCUT2D eigenvalue weighted by Gasteiger charge is 2.44. The Morgan fingerprint density at radius 1 is 0.906 bits per heavy atom. The fraction of sp³-hybridized carbons (Fsp3) is 0.769. The second kappa shape index (κ2) is 10.5. The van der Waals surface area contributed by atoms with E-state index in [4.69, 9.17) is 13.7 Å². The van der Waals surface area contributed by atoms with Gasteiger partial charge in [0.1, 0.15) is 4.90 Å². The van der Waals surface area contributed by atoms with Crippen molar-refractivity contribution in [1.29, 1.82) is 0 Å². The van der Waals surface area contributed by atoms with Crippen molar-refractivity contribution in [3.8, 4) is 0 Å². The molecule has 3 rings (SSSR count). The third kappa shape index (κ3) is 5.57. The first-order chi connectivity index (χ1) is 15.1. The lowest BCUT2D eigenvalue weighted by Gasteiger charge is -2.37. The molecule has 1 aromatic rings. The molecule has 0 amide bonds. The van der Waals surface area contributed by atoms with Crippen LogP contribution in [0.4, 0.5) is 0 Å². The van der Waals surface area contributed by atoms with Gasteiger partial charge >= 0.3 is 0 Å². The van der Waals surface area contributed by atoms with E-state index < -0.39 is 15.9 Å². The minimum Gasteiger partial charge on any atom is -0.347 e. The first-order valence-corrected chi connectivity index (χ1v) is 13.8. The smallest absolute Gasteiger partial charge is 0.297 e. The summed E-state index contributed by atoms with van der Waals surface area (Å²) < 4.78 is 44.9. The third-order valence-electron chi connectivity index (χ3n) is 7.02. The van der Waals surface area contributed by atoms with Crippen LogP contribution in [0.25, 0.3) is 0 Å². The van der Waals surface area contributed by atoms with Crippen molar-refractivity contribution in [2.24, 2.45) is 5.92 Å². The van der Waals surface area contributed by atoms with E-state index in [0.717, 1.165) is 24.0 Å². The summed E-state index contributed by atoms with van der Waals surface area (Å²) >= 11 is 0. The Labute approximate surface area is 195 Å². The molecule has 1 saturated heterocycles. The first kappa shape index (κ1) is 25.7. The maximum Gasteiger partial charge on any atom is 0.297 e. The largest absolute Gasteiger partial charge is 0.347 e. The van der Waals surface area contributed by atoms with E-state index in [1.54, 1.807) is 0 Å². The summed E-state index contributed by atoms with van der Waals surface area (Å²) in [4.78, 5) is 0.354. The van der Waals surface area contributed by atoms with E-state index >= 15 is 0 Å². The average molecular weight is 467 g/mol. The van der Waals surface area contributed by atoms with Gasteiger partial charge < -0.3 is 9.47 Å². The molecule has 0 N–H and O–H groups in total. The predicted molar refractivity (Wildman–Crippen MR) is 128 cm³/mol. The summed E-state index contributed by atoms with van der Waals surface area (Å²) in [6.07, 6.45) is 6.18. The van der Waals surface area contributed by atoms with Gasteiger partial charge in [0.15, 0.2) is 5.79 Å². The fourth-order valence-electron chi connectivity index (χ4n) is 5.13. The van der Waals surface area contributed by atoms with E-state index in [0.29, 0.717) is 36.4 Å². The fourth-order valence-corrected chi connectivity index (χ4v) is 6.72.